The second-order valence-electron chi connectivity index (χ2n) is 7.67. The third-order valence-corrected chi connectivity index (χ3v) is 6.00. The second-order valence-corrected chi connectivity index (χ2v) is 7.67. The van der Waals surface area contributed by atoms with E-state index in [0.717, 1.165) is 23.1 Å². The van der Waals surface area contributed by atoms with Gasteiger partial charge in [0.2, 0.25) is 17.5 Å². The molecule has 1 fully saturated rings. The fraction of sp³-hybridized carbons (Fsp3) is 0.286. The number of carbonyl (C=O) groups excluding carboxylic acids is 1. The summed E-state index contributed by atoms with van der Waals surface area (Å²) < 4.78 is 7.30. The largest absolute Gasteiger partial charge is 0.395 e. The number of carbonyl (C=O) groups is 1. The van der Waals surface area contributed by atoms with E-state index in [2.05, 4.69) is 26.2 Å². The van der Waals surface area contributed by atoms with E-state index in [-0.39, 0.29) is 24.5 Å². The van der Waals surface area contributed by atoms with E-state index in [0.29, 0.717) is 36.2 Å². The molecule has 1 aliphatic carbocycles. The quantitative estimate of drug-likeness (QED) is 0.555. The summed E-state index contributed by atoms with van der Waals surface area (Å²) in [6.07, 6.45) is 6.63. The summed E-state index contributed by atoms with van der Waals surface area (Å²) in [6, 6.07) is 7.84. The van der Waals surface area contributed by atoms with Crippen LogP contribution < -0.4 is 0 Å². The van der Waals surface area contributed by atoms with Gasteiger partial charge in [-0.05, 0) is 29.5 Å². The number of fused-ring (bicyclic) bond motifs is 4. The van der Waals surface area contributed by atoms with Gasteiger partial charge in [0.1, 0.15) is 5.69 Å². The molecule has 6 rings (SSSR count). The minimum atomic E-state index is -0.0357. The molecule has 1 N–H and O–H groups in total. The summed E-state index contributed by atoms with van der Waals surface area (Å²) in [5, 5.41) is 13.6. The van der Waals surface area contributed by atoms with Gasteiger partial charge in [-0.3, -0.25) is 9.20 Å². The number of hydrogen-bond donors (Lipinski definition) is 1. The fourth-order valence-electron chi connectivity index (χ4n) is 4.79. The van der Waals surface area contributed by atoms with Gasteiger partial charge in [0.25, 0.3) is 5.89 Å². The van der Waals surface area contributed by atoms with Gasteiger partial charge in [-0.25, -0.2) is 9.97 Å². The first kappa shape index (κ1) is 17.3. The van der Waals surface area contributed by atoms with Gasteiger partial charge in [-0.15, -0.1) is 0 Å². The van der Waals surface area contributed by atoms with Gasteiger partial charge in [-0.2, -0.15) is 4.98 Å². The molecule has 2 atom stereocenters. The molecule has 150 valence electrons. The predicted molar refractivity (Wildman–Crippen MR) is 105 cm³/mol. The molecule has 0 unspecified atom stereocenters. The average Bonchev–Trinajstić information content (AvgIpc) is 3.51. The van der Waals surface area contributed by atoms with Crippen molar-refractivity contribution in [1.82, 2.24) is 29.4 Å². The van der Waals surface area contributed by atoms with Crippen molar-refractivity contribution < 1.29 is 14.4 Å². The zero-order valence-corrected chi connectivity index (χ0v) is 16.0. The number of β-amino-alcohol motifs (C(OH)–C–C–N with tert-alkyl or cyclic N) is 1. The Morgan fingerprint density at radius 1 is 1.20 bits per heavy atom. The molecule has 4 aromatic rings. The fourth-order valence-corrected chi connectivity index (χ4v) is 4.79. The first-order valence-electron chi connectivity index (χ1n) is 9.89. The Morgan fingerprint density at radius 2 is 2.13 bits per heavy atom. The maximum absolute atomic E-state index is 12.3. The molecule has 0 bridgehead atoms. The summed E-state index contributed by atoms with van der Waals surface area (Å²) in [7, 11) is 0. The maximum atomic E-state index is 12.3. The van der Waals surface area contributed by atoms with Gasteiger partial charge < -0.3 is 14.5 Å². The summed E-state index contributed by atoms with van der Waals surface area (Å²) in [5.41, 5.74) is 3.74. The highest BCUT2D eigenvalue weighted by Gasteiger charge is 2.46. The Hall–Kier alpha value is -3.59. The van der Waals surface area contributed by atoms with Crippen LogP contribution in [-0.2, 0) is 11.2 Å². The number of likely N-dealkylation sites (tertiary alicyclic amines) is 1. The summed E-state index contributed by atoms with van der Waals surface area (Å²) >= 11 is 0. The molecular weight excluding hydrogens is 384 g/mol. The third kappa shape index (κ3) is 2.48. The number of nitrogens with zero attached hydrogens (tertiary/aromatic N) is 6. The van der Waals surface area contributed by atoms with Crippen LogP contribution in [0, 0.1) is 5.92 Å². The van der Waals surface area contributed by atoms with Crippen LogP contribution >= 0.6 is 0 Å². The topological polar surface area (TPSA) is 110 Å². The van der Waals surface area contributed by atoms with Gasteiger partial charge in [0.05, 0.1) is 12.6 Å². The molecule has 0 radical (unpaired) electrons. The Kier molecular flexibility index (Phi) is 3.72. The van der Waals surface area contributed by atoms with Crippen molar-refractivity contribution in [3.8, 4) is 23.0 Å². The lowest BCUT2D eigenvalue weighted by Gasteiger charge is -2.24. The van der Waals surface area contributed by atoms with Crippen molar-refractivity contribution in [2.24, 2.45) is 5.92 Å². The Morgan fingerprint density at radius 3 is 3.00 bits per heavy atom. The highest BCUT2D eigenvalue weighted by molar-refractivity contribution is 5.81. The van der Waals surface area contributed by atoms with E-state index in [1.807, 2.05) is 24.4 Å². The minimum Gasteiger partial charge on any atom is -0.395 e. The van der Waals surface area contributed by atoms with E-state index in [1.165, 1.54) is 0 Å². The smallest absolute Gasteiger partial charge is 0.278 e. The molecular formula is C21H18N6O3. The molecule has 9 nitrogen and oxygen atoms in total. The van der Waals surface area contributed by atoms with E-state index in [1.54, 1.807) is 21.7 Å². The molecule has 4 heterocycles. The Labute approximate surface area is 171 Å². The van der Waals surface area contributed by atoms with Gasteiger partial charge in [-0.1, -0.05) is 23.4 Å². The number of aliphatic hydroxyl groups is 1. The highest BCUT2D eigenvalue weighted by atomic mass is 16.5. The number of aromatic nitrogens is 5. The number of aliphatic hydroxyl groups excluding tert-OH is 1. The Bertz CT molecular complexity index is 1250. The molecule has 1 saturated heterocycles. The van der Waals surface area contributed by atoms with Gasteiger partial charge >= 0.3 is 0 Å². The monoisotopic (exact) mass is 402 g/mol. The zero-order chi connectivity index (χ0) is 20.2. The molecule has 1 aromatic carbocycles. The third-order valence-electron chi connectivity index (χ3n) is 6.00. The zero-order valence-electron chi connectivity index (χ0n) is 16.0. The predicted octanol–water partition coefficient (Wildman–Crippen LogP) is 1.88. The summed E-state index contributed by atoms with van der Waals surface area (Å²) in [5.74, 6) is 1.73. The first-order valence-corrected chi connectivity index (χ1v) is 9.89. The maximum Gasteiger partial charge on any atom is 0.278 e. The van der Waals surface area contributed by atoms with E-state index < -0.39 is 0 Å². The van der Waals surface area contributed by atoms with E-state index >= 15 is 0 Å². The number of imidazole rings is 1. The standard InChI is InChI=1S/C21H18N6O3/c28-8-7-27-17(29)10-12-9-15-13(18(12)27)3-1-4-14(15)19-24-20(30-25-19)16-11-26-6-2-5-22-21(26)23-16/h1-6,11-12,18,28H,7-10H2/t12-,18+/m0/s1. The van der Waals surface area contributed by atoms with Crippen LogP contribution in [0.25, 0.3) is 28.8 Å². The van der Waals surface area contributed by atoms with Crippen molar-refractivity contribution in [3.63, 3.8) is 0 Å². The number of rotatable bonds is 4. The molecule has 30 heavy (non-hydrogen) atoms. The number of hydrogen-bond acceptors (Lipinski definition) is 7. The summed E-state index contributed by atoms with van der Waals surface area (Å²) in [4.78, 5) is 27.4. The lowest BCUT2D eigenvalue weighted by atomic mass is 10.0. The van der Waals surface area contributed by atoms with Crippen LogP contribution in [-0.4, -0.2) is 53.6 Å². The minimum absolute atomic E-state index is 0.00971. The molecule has 9 heteroatoms. The molecule has 0 saturated carbocycles. The van der Waals surface area contributed by atoms with Crippen molar-refractivity contribution in [2.75, 3.05) is 13.2 Å². The summed E-state index contributed by atoms with van der Waals surface area (Å²) in [6.45, 7) is 0.323. The van der Waals surface area contributed by atoms with E-state index in [9.17, 15) is 9.90 Å². The second kappa shape index (κ2) is 6.46. The van der Waals surface area contributed by atoms with Gasteiger partial charge in [0, 0.05) is 37.1 Å². The van der Waals surface area contributed by atoms with Gasteiger partial charge in [0.15, 0.2) is 0 Å². The van der Waals surface area contributed by atoms with Crippen molar-refractivity contribution in [3.05, 3.63) is 54.0 Å². The van der Waals surface area contributed by atoms with Crippen LogP contribution in [0.1, 0.15) is 23.6 Å². The molecule has 1 aliphatic heterocycles. The number of benzene rings is 1. The lowest BCUT2D eigenvalue weighted by Crippen LogP contribution is -2.30. The SMILES string of the molecule is O=C1C[C@@H]2Cc3c(-c4noc(-c5cn6cccnc6n5)n4)cccc3[C@@H]2N1CCO. The molecule has 1 amide bonds. The first-order chi connectivity index (χ1) is 14.7. The Balaban J connectivity index is 1.38. The van der Waals surface area contributed by atoms with E-state index in [4.69, 9.17) is 4.52 Å². The van der Waals surface area contributed by atoms with Crippen molar-refractivity contribution in [1.29, 1.82) is 0 Å². The van der Waals surface area contributed by atoms with Crippen molar-refractivity contribution in [2.45, 2.75) is 18.9 Å². The van der Waals surface area contributed by atoms with Crippen LogP contribution in [0.15, 0.2) is 47.4 Å². The normalized spacial score (nSPS) is 20.2. The molecule has 2 aliphatic rings. The van der Waals surface area contributed by atoms with Crippen LogP contribution in [0.2, 0.25) is 0 Å². The van der Waals surface area contributed by atoms with Crippen LogP contribution in [0.3, 0.4) is 0 Å². The lowest BCUT2D eigenvalue weighted by molar-refractivity contribution is -0.129. The molecule has 0 spiro atoms. The number of amides is 1. The average molecular weight is 402 g/mol. The molecule has 3 aromatic heterocycles. The highest BCUT2D eigenvalue weighted by Crippen LogP contribution is 2.49. The van der Waals surface area contributed by atoms with Crippen LogP contribution in [0.4, 0.5) is 0 Å². The van der Waals surface area contributed by atoms with Crippen LogP contribution in [0.5, 0.6) is 0 Å². The van der Waals surface area contributed by atoms with Crippen molar-refractivity contribution >= 4 is 11.7 Å².